The van der Waals surface area contributed by atoms with E-state index in [2.05, 4.69) is 224 Å². The van der Waals surface area contributed by atoms with Gasteiger partial charge in [-0.15, -0.1) is 0 Å². The lowest BCUT2D eigenvalue weighted by molar-refractivity contribution is 0.769. The van der Waals surface area contributed by atoms with Crippen molar-refractivity contribution in [2.24, 2.45) is 0 Å². The molecule has 63 heavy (non-hydrogen) atoms. The molecule has 0 saturated carbocycles. The predicted octanol–water partition coefficient (Wildman–Crippen LogP) is 15.5. The highest BCUT2D eigenvalue weighted by Crippen LogP contribution is 2.57. The van der Waals surface area contributed by atoms with Crippen molar-refractivity contribution in [1.29, 1.82) is 0 Å². The summed E-state index contributed by atoms with van der Waals surface area (Å²) >= 11 is 0. The molecule has 0 fully saturated rings. The molecule has 0 saturated heterocycles. The summed E-state index contributed by atoms with van der Waals surface area (Å²) in [4.78, 5) is 10.5. The second kappa shape index (κ2) is 15.1. The number of hydrogen-bond donors (Lipinski definition) is 0. The Hall–Kier alpha value is -8.20. The smallest absolute Gasteiger partial charge is 0.160 e. The number of fused-ring (bicyclic) bond motifs is 5. The topological polar surface area (TPSA) is 25.8 Å². The fraction of sp³-hybridized carbons (Fsp3) is 0.0164. The number of nitrogens with zero attached hydrogens (tertiary/aromatic N) is 2. The van der Waals surface area contributed by atoms with E-state index in [1.807, 2.05) is 18.2 Å². The van der Waals surface area contributed by atoms with Gasteiger partial charge in [0.2, 0.25) is 0 Å². The Labute approximate surface area is 367 Å². The number of hydrogen-bond acceptors (Lipinski definition) is 2. The van der Waals surface area contributed by atoms with E-state index < -0.39 is 5.41 Å². The van der Waals surface area contributed by atoms with Crippen LogP contribution in [0.1, 0.15) is 22.3 Å². The van der Waals surface area contributed by atoms with Gasteiger partial charge in [-0.25, -0.2) is 9.97 Å². The van der Waals surface area contributed by atoms with Crippen molar-refractivity contribution in [2.45, 2.75) is 5.41 Å². The van der Waals surface area contributed by atoms with Crippen molar-refractivity contribution < 1.29 is 0 Å². The van der Waals surface area contributed by atoms with Gasteiger partial charge in [0.15, 0.2) is 5.82 Å². The van der Waals surface area contributed by atoms with Gasteiger partial charge in [-0.3, -0.25) is 0 Å². The highest BCUT2D eigenvalue weighted by molar-refractivity contribution is 6.06. The third-order valence-corrected chi connectivity index (χ3v) is 13.0. The fourth-order valence-corrected chi connectivity index (χ4v) is 10.1. The first-order valence-corrected chi connectivity index (χ1v) is 21.6. The maximum atomic E-state index is 5.29. The molecule has 0 aliphatic heterocycles. The molecular weight excluding hydrogens is 761 g/mol. The van der Waals surface area contributed by atoms with Crippen LogP contribution in [0.3, 0.4) is 0 Å². The Morgan fingerprint density at radius 1 is 0.270 bits per heavy atom. The molecule has 0 spiro atoms. The molecule has 2 heteroatoms. The lowest BCUT2D eigenvalue weighted by Crippen LogP contribution is -2.28. The number of rotatable bonds is 7. The minimum absolute atomic E-state index is 0.483. The van der Waals surface area contributed by atoms with Crippen molar-refractivity contribution in [3.05, 3.63) is 265 Å². The summed E-state index contributed by atoms with van der Waals surface area (Å²) < 4.78 is 0. The Morgan fingerprint density at radius 3 is 1.49 bits per heavy atom. The van der Waals surface area contributed by atoms with Gasteiger partial charge in [-0.05, 0) is 108 Å². The van der Waals surface area contributed by atoms with Crippen LogP contribution in [0.4, 0.5) is 0 Å². The van der Waals surface area contributed by atoms with Gasteiger partial charge >= 0.3 is 0 Å². The van der Waals surface area contributed by atoms with Gasteiger partial charge in [0, 0.05) is 16.7 Å². The van der Waals surface area contributed by atoms with Gasteiger partial charge in [0.05, 0.1) is 16.8 Å². The van der Waals surface area contributed by atoms with Crippen molar-refractivity contribution in [1.82, 2.24) is 9.97 Å². The third kappa shape index (κ3) is 6.10. The second-order valence-electron chi connectivity index (χ2n) is 16.5. The summed E-state index contributed by atoms with van der Waals surface area (Å²) in [5.74, 6) is 0.700. The molecule has 1 aliphatic carbocycles. The van der Waals surface area contributed by atoms with Gasteiger partial charge in [-0.1, -0.05) is 212 Å². The molecule has 1 aromatic heterocycles. The zero-order valence-electron chi connectivity index (χ0n) is 34.5. The first kappa shape index (κ1) is 36.6. The molecule has 2 nitrogen and oxygen atoms in total. The minimum atomic E-state index is -0.483. The second-order valence-corrected chi connectivity index (χ2v) is 16.5. The normalized spacial score (nSPS) is 12.6. The van der Waals surface area contributed by atoms with Crippen LogP contribution in [0.2, 0.25) is 0 Å². The number of aromatic nitrogens is 2. The summed E-state index contributed by atoms with van der Waals surface area (Å²) in [6.45, 7) is 0. The minimum Gasteiger partial charge on any atom is -0.228 e. The van der Waals surface area contributed by atoms with Crippen molar-refractivity contribution >= 4 is 21.5 Å². The molecular formula is C61H40N2. The zero-order valence-corrected chi connectivity index (χ0v) is 34.5. The van der Waals surface area contributed by atoms with E-state index >= 15 is 0 Å². The summed E-state index contributed by atoms with van der Waals surface area (Å²) in [7, 11) is 0. The molecule has 0 bridgehead atoms. The van der Waals surface area contributed by atoms with Crippen LogP contribution in [-0.2, 0) is 5.41 Å². The zero-order chi connectivity index (χ0) is 41.7. The molecule has 1 heterocycles. The molecule has 0 unspecified atom stereocenters. The quantitative estimate of drug-likeness (QED) is 0.160. The molecule has 0 amide bonds. The summed E-state index contributed by atoms with van der Waals surface area (Å²) in [6.07, 6.45) is 0. The summed E-state index contributed by atoms with van der Waals surface area (Å²) in [6, 6.07) is 87.8. The van der Waals surface area contributed by atoms with Crippen LogP contribution in [-0.4, -0.2) is 9.97 Å². The highest BCUT2D eigenvalue weighted by atomic mass is 14.9. The van der Waals surface area contributed by atoms with Crippen LogP contribution in [0.15, 0.2) is 243 Å². The molecule has 10 aromatic carbocycles. The highest BCUT2D eigenvalue weighted by Gasteiger charge is 2.46. The molecule has 12 rings (SSSR count). The maximum Gasteiger partial charge on any atom is 0.160 e. The van der Waals surface area contributed by atoms with Crippen LogP contribution in [0.5, 0.6) is 0 Å². The fourth-order valence-electron chi connectivity index (χ4n) is 10.1. The van der Waals surface area contributed by atoms with E-state index in [1.54, 1.807) is 0 Å². The molecule has 11 aromatic rings. The lowest BCUT2D eigenvalue weighted by Gasteiger charge is -2.34. The van der Waals surface area contributed by atoms with Crippen LogP contribution < -0.4 is 0 Å². The first-order valence-electron chi connectivity index (χ1n) is 21.6. The van der Waals surface area contributed by atoms with Gasteiger partial charge in [0.25, 0.3) is 0 Å². The molecule has 1 aliphatic rings. The largest absolute Gasteiger partial charge is 0.228 e. The lowest BCUT2D eigenvalue weighted by atomic mass is 9.67. The van der Waals surface area contributed by atoms with E-state index in [0.717, 1.165) is 39.0 Å². The van der Waals surface area contributed by atoms with E-state index in [9.17, 15) is 0 Å². The average molecular weight is 801 g/mol. The van der Waals surface area contributed by atoms with E-state index in [1.165, 1.54) is 66.2 Å². The Balaban J connectivity index is 1.05. The average Bonchev–Trinajstić information content (AvgIpc) is 3.65. The molecule has 0 atom stereocenters. The van der Waals surface area contributed by atoms with Crippen molar-refractivity contribution in [3.8, 4) is 67.3 Å². The Bertz CT molecular complexity index is 3450. The third-order valence-electron chi connectivity index (χ3n) is 13.0. The first-order chi connectivity index (χ1) is 31.2. The Morgan fingerprint density at radius 2 is 0.794 bits per heavy atom. The maximum absolute atomic E-state index is 5.29. The Kier molecular flexibility index (Phi) is 8.76. The summed E-state index contributed by atoms with van der Waals surface area (Å²) in [5, 5.41) is 4.81. The predicted molar refractivity (Wildman–Crippen MR) is 262 cm³/mol. The van der Waals surface area contributed by atoms with Crippen LogP contribution in [0, 0.1) is 0 Å². The monoisotopic (exact) mass is 800 g/mol. The molecule has 0 N–H and O–H groups in total. The van der Waals surface area contributed by atoms with Gasteiger partial charge < -0.3 is 0 Å². The van der Waals surface area contributed by atoms with Crippen molar-refractivity contribution in [3.63, 3.8) is 0 Å². The summed E-state index contributed by atoms with van der Waals surface area (Å²) in [5.41, 5.74) is 16.8. The van der Waals surface area contributed by atoms with E-state index in [0.29, 0.717) is 5.82 Å². The SMILES string of the molecule is c1ccc(-c2cccc(-c3cc(-c4ccc(-c5ccc6c(c5)-c5cc7ccccc7cc5C6(c5ccccc5)c5ccccc5)c5ccccc45)nc(-c4ccccc4)n3)c2)cc1. The van der Waals surface area contributed by atoms with Crippen LogP contribution >= 0.6 is 0 Å². The van der Waals surface area contributed by atoms with Gasteiger partial charge in [0.1, 0.15) is 0 Å². The van der Waals surface area contributed by atoms with E-state index in [-0.39, 0.29) is 0 Å². The van der Waals surface area contributed by atoms with Gasteiger partial charge in [-0.2, -0.15) is 0 Å². The van der Waals surface area contributed by atoms with Crippen LogP contribution in [0.25, 0.3) is 88.8 Å². The molecule has 0 radical (unpaired) electrons. The number of benzene rings is 10. The standard InChI is InChI=1S/C61H40N2/c1-5-18-41(19-6-1)43-24-17-25-47(36-43)58-40-59(63-60(62-58)42-20-7-2-8-21-42)53-34-33-50(51-30-15-16-31-52(51)53)46-32-35-56-54(38-46)55-37-44-22-13-14-23-45(44)39-57(55)61(56,48-26-9-3-10-27-48)49-28-11-4-12-29-49/h1-40H. The molecule has 294 valence electrons. The van der Waals surface area contributed by atoms with Crippen molar-refractivity contribution in [2.75, 3.05) is 0 Å². The van der Waals surface area contributed by atoms with E-state index in [4.69, 9.17) is 9.97 Å².